The summed E-state index contributed by atoms with van der Waals surface area (Å²) in [6.07, 6.45) is 5.42. The fourth-order valence-corrected chi connectivity index (χ4v) is 1.07. The van der Waals surface area contributed by atoms with Crippen LogP contribution in [0, 0.1) is 13.0 Å². The van der Waals surface area contributed by atoms with Crippen molar-refractivity contribution in [2.75, 3.05) is 20.8 Å². The van der Waals surface area contributed by atoms with E-state index in [1.54, 1.807) is 38.7 Å². The fraction of sp³-hybridized carbons (Fsp3) is 0.214. The molecule has 1 rings (SSSR count). The summed E-state index contributed by atoms with van der Waals surface area (Å²) in [6, 6.07) is 5.12. The predicted octanol–water partition coefficient (Wildman–Crippen LogP) is -2.87. The first-order valence-corrected chi connectivity index (χ1v) is 5.85. The first-order valence-electron chi connectivity index (χ1n) is 5.00. The summed E-state index contributed by atoms with van der Waals surface area (Å²) in [4.78, 5) is 9.90. The van der Waals surface area contributed by atoms with Crippen molar-refractivity contribution in [2.45, 2.75) is 0 Å². The molecule has 0 aliphatic carbocycles. The Bertz CT molecular complexity index is 388. The molecular formula is C14H15ClK2O3S-2. The van der Waals surface area contributed by atoms with Gasteiger partial charge in [-0.25, -0.2) is 23.7 Å². The Labute approximate surface area is 223 Å². The minimum Gasteiger partial charge on any atom is -0.500 e. The van der Waals surface area contributed by atoms with Crippen LogP contribution in [0.5, 0.6) is 5.75 Å². The summed E-state index contributed by atoms with van der Waals surface area (Å²) < 4.78 is 9.39. The minimum absolute atomic E-state index is 0. The third-order valence-corrected chi connectivity index (χ3v) is 1.98. The number of carbonyl (C=O) groups excluding carboxylic acids is 1. The normalized spacial score (nSPS) is 8.00. The number of rotatable bonds is 4. The van der Waals surface area contributed by atoms with E-state index in [-0.39, 0.29) is 103 Å². The van der Waals surface area contributed by atoms with Crippen molar-refractivity contribution in [2.24, 2.45) is 0 Å². The molecule has 0 fully saturated rings. The summed E-state index contributed by atoms with van der Waals surface area (Å²) in [5.41, 5.74) is 0.644. The standard InChI is InChI=1S/C10H7ClO2.C3H7O.CHS.2K/c1-13-9-5-4-8(3-2-6-12)10(11)7-9;1-3-4-2;1-2;;/h2,4-5,7H,1H3;1,3H2,2H3;1H;;/q-2;2*-1;2*+1. The van der Waals surface area contributed by atoms with Crippen LogP contribution in [-0.4, -0.2) is 33.0 Å². The summed E-state index contributed by atoms with van der Waals surface area (Å²) in [5.74, 6) is 4.76. The number of thiocarbonyl (C=S) groups is 1. The van der Waals surface area contributed by atoms with Crippen molar-refractivity contribution >= 4 is 36.0 Å². The zero-order valence-corrected chi connectivity index (χ0v) is 20.6. The van der Waals surface area contributed by atoms with Gasteiger partial charge in [0.15, 0.2) is 0 Å². The van der Waals surface area contributed by atoms with Gasteiger partial charge in [0.2, 0.25) is 0 Å². The van der Waals surface area contributed by atoms with Gasteiger partial charge in [-0.1, -0.05) is 12.7 Å². The van der Waals surface area contributed by atoms with Crippen molar-refractivity contribution in [3.8, 4) is 5.75 Å². The van der Waals surface area contributed by atoms with Crippen molar-refractivity contribution in [3.05, 3.63) is 47.9 Å². The Hall–Kier alpha value is 2.04. The maximum Gasteiger partial charge on any atom is 1.00 e. The van der Waals surface area contributed by atoms with Gasteiger partial charge in [0.25, 0.3) is 0 Å². The van der Waals surface area contributed by atoms with Gasteiger partial charge in [0.1, 0.15) is 0 Å². The first-order chi connectivity index (χ1) is 9.19. The van der Waals surface area contributed by atoms with E-state index in [1.807, 2.05) is 0 Å². The van der Waals surface area contributed by atoms with E-state index in [2.05, 4.69) is 35.8 Å². The largest absolute Gasteiger partial charge is 1.00 e. The van der Waals surface area contributed by atoms with E-state index < -0.39 is 0 Å². The quantitative estimate of drug-likeness (QED) is 0.245. The number of allylic oxidation sites excluding steroid dienone is 1. The molecule has 3 nitrogen and oxygen atoms in total. The molecule has 106 valence electrons. The summed E-state index contributed by atoms with van der Waals surface area (Å²) in [5, 5.41) is 0.492. The second-order valence-electron chi connectivity index (χ2n) is 2.75. The second kappa shape index (κ2) is 24.3. The third-order valence-electron chi connectivity index (χ3n) is 1.67. The number of benzene rings is 1. The molecule has 0 atom stereocenters. The molecule has 0 saturated carbocycles. The van der Waals surface area contributed by atoms with Crippen molar-refractivity contribution in [1.29, 1.82) is 0 Å². The molecule has 0 bridgehead atoms. The number of halogens is 1. The maximum atomic E-state index is 9.90. The number of methoxy groups -OCH3 is 2. The average molecular weight is 377 g/mol. The molecule has 0 aromatic heterocycles. The molecule has 1 aromatic rings. The van der Waals surface area contributed by atoms with Crippen molar-refractivity contribution in [3.63, 3.8) is 0 Å². The predicted molar refractivity (Wildman–Crippen MR) is 81.5 cm³/mol. The molecule has 0 N–H and O–H groups in total. The summed E-state index contributed by atoms with van der Waals surface area (Å²) in [6.45, 7) is 3.95. The Morgan fingerprint density at radius 3 is 2.24 bits per heavy atom. The van der Waals surface area contributed by atoms with Crippen LogP contribution in [0.4, 0.5) is 0 Å². The molecule has 0 aliphatic heterocycles. The molecule has 7 heteroatoms. The Morgan fingerprint density at radius 1 is 1.38 bits per heavy atom. The molecule has 21 heavy (non-hydrogen) atoms. The molecule has 0 aliphatic rings. The monoisotopic (exact) mass is 376 g/mol. The van der Waals surface area contributed by atoms with Gasteiger partial charge in [-0.2, -0.15) is 0 Å². The Balaban J connectivity index is -0.000000158. The number of hydrogen-bond donors (Lipinski definition) is 0. The van der Waals surface area contributed by atoms with E-state index in [0.717, 1.165) is 6.08 Å². The van der Waals surface area contributed by atoms with Crippen LogP contribution in [-0.2, 0) is 9.53 Å². The fourth-order valence-electron chi connectivity index (χ4n) is 0.847. The molecule has 0 saturated heterocycles. The average Bonchev–Trinajstić information content (AvgIpc) is 2.48. The molecule has 0 spiro atoms. The topological polar surface area (TPSA) is 35.5 Å². The third kappa shape index (κ3) is 18.2. The van der Waals surface area contributed by atoms with Crippen LogP contribution in [0.15, 0.2) is 24.3 Å². The molecule has 0 radical (unpaired) electrons. The van der Waals surface area contributed by atoms with Gasteiger partial charge >= 0.3 is 103 Å². The maximum absolute atomic E-state index is 9.90. The van der Waals surface area contributed by atoms with E-state index >= 15 is 0 Å². The number of ether oxygens (including phenoxy) is 2. The van der Waals surface area contributed by atoms with Crippen LogP contribution < -0.4 is 108 Å². The van der Waals surface area contributed by atoms with Gasteiger partial charge in [-0.3, -0.25) is 11.6 Å². The Kier molecular flexibility index (Phi) is 35.7. The molecule has 0 heterocycles. The van der Waals surface area contributed by atoms with Crippen LogP contribution in [0.25, 0.3) is 0 Å². The summed E-state index contributed by atoms with van der Waals surface area (Å²) in [7, 11) is 3.18. The van der Waals surface area contributed by atoms with E-state index in [1.165, 1.54) is 0 Å². The Morgan fingerprint density at radius 2 is 1.90 bits per heavy atom. The van der Waals surface area contributed by atoms with Crippen LogP contribution in [0.3, 0.4) is 0 Å². The van der Waals surface area contributed by atoms with Crippen LogP contribution in [0.1, 0.15) is 5.56 Å². The summed E-state index contributed by atoms with van der Waals surface area (Å²) >= 11 is 9.43. The minimum atomic E-state index is 0. The first kappa shape index (κ1) is 30.9. The van der Waals surface area contributed by atoms with E-state index in [4.69, 9.17) is 16.3 Å². The molecular weight excluding hydrogens is 362 g/mol. The van der Waals surface area contributed by atoms with Crippen LogP contribution >= 0.6 is 23.8 Å². The molecule has 1 aromatic carbocycles. The van der Waals surface area contributed by atoms with Crippen molar-refractivity contribution < 1.29 is 117 Å². The molecule has 0 amide bonds. The van der Waals surface area contributed by atoms with E-state index in [0.29, 0.717) is 22.9 Å². The SMILES string of the molecule is COc1ccc([C-]=C[C-]=O)c(Cl)c1.[CH-]=S.[CH2-]COC.[K+].[K+]. The van der Waals surface area contributed by atoms with Gasteiger partial charge in [0, 0.05) is 7.11 Å². The zero-order chi connectivity index (χ0) is 15.1. The second-order valence-corrected chi connectivity index (χ2v) is 3.15. The van der Waals surface area contributed by atoms with Crippen LogP contribution in [0.2, 0.25) is 5.02 Å². The van der Waals surface area contributed by atoms with Crippen molar-refractivity contribution in [1.82, 2.24) is 0 Å². The van der Waals surface area contributed by atoms with Gasteiger partial charge < -0.3 is 39.3 Å². The number of hydrogen-bond acceptors (Lipinski definition) is 4. The molecule has 0 unspecified atom stereocenters. The zero-order valence-electron chi connectivity index (χ0n) is 12.8. The van der Waals surface area contributed by atoms with Gasteiger partial charge in [0.05, 0.1) is 12.9 Å². The van der Waals surface area contributed by atoms with E-state index in [9.17, 15) is 4.79 Å². The van der Waals surface area contributed by atoms with Gasteiger partial charge in [-0.15, -0.1) is 11.1 Å². The van der Waals surface area contributed by atoms with Gasteiger partial charge in [-0.05, 0) is 6.29 Å². The smallest absolute Gasteiger partial charge is 0.500 e.